The summed E-state index contributed by atoms with van der Waals surface area (Å²) in [5, 5.41) is 13.5. The minimum Gasteiger partial charge on any atom is -0.466 e. The molecule has 6 atom stereocenters. The number of aliphatic hydroxyl groups is 1. The van der Waals surface area contributed by atoms with Crippen molar-refractivity contribution < 1.29 is 24.2 Å². The second kappa shape index (κ2) is 11.1. The lowest BCUT2D eigenvalue weighted by molar-refractivity contribution is -0.155. The van der Waals surface area contributed by atoms with Gasteiger partial charge in [0.25, 0.3) is 0 Å². The zero-order valence-electron chi connectivity index (χ0n) is 23.5. The summed E-state index contributed by atoms with van der Waals surface area (Å²) in [5.41, 5.74) is 1.74. The van der Waals surface area contributed by atoms with Gasteiger partial charge in [0.05, 0.1) is 35.8 Å². The van der Waals surface area contributed by atoms with Gasteiger partial charge in [-0.15, -0.1) is 11.8 Å². The smallest absolute Gasteiger partial charge is 0.311 e. The average molecular weight is 546 g/mol. The molecule has 4 rings (SSSR count). The quantitative estimate of drug-likeness (QED) is 0.407. The van der Waals surface area contributed by atoms with Crippen molar-refractivity contribution in [2.75, 3.05) is 36.5 Å². The summed E-state index contributed by atoms with van der Waals surface area (Å²) in [7, 11) is 0. The molecule has 3 aliphatic heterocycles. The number of ether oxygens (including phenoxy) is 1. The topological polar surface area (TPSA) is 99.2 Å². The first-order valence-corrected chi connectivity index (χ1v) is 14.8. The van der Waals surface area contributed by atoms with E-state index >= 15 is 0 Å². The van der Waals surface area contributed by atoms with Gasteiger partial charge < -0.3 is 25.0 Å². The van der Waals surface area contributed by atoms with Crippen molar-refractivity contribution in [1.29, 1.82) is 0 Å². The highest BCUT2D eigenvalue weighted by molar-refractivity contribution is 8.02. The van der Waals surface area contributed by atoms with E-state index in [9.17, 15) is 19.5 Å². The molecule has 0 radical (unpaired) electrons. The number of rotatable bonds is 11. The van der Waals surface area contributed by atoms with E-state index in [0.29, 0.717) is 18.5 Å². The number of hydrogen-bond donors (Lipinski definition) is 2. The molecule has 38 heavy (non-hydrogen) atoms. The molecule has 0 saturated carbocycles. The number of nitrogens with one attached hydrogen (secondary N) is 1. The maximum Gasteiger partial charge on any atom is 0.311 e. The minimum atomic E-state index is -0.787. The largest absolute Gasteiger partial charge is 0.466 e. The van der Waals surface area contributed by atoms with Gasteiger partial charge in [0.1, 0.15) is 6.04 Å². The Labute approximate surface area is 230 Å². The molecule has 2 bridgehead atoms. The highest BCUT2D eigenvalue weighted by Gasteiger charge is 2.78. The van der Waals surface area contributed by atoms with Crippen LogP contribution in [0, 0.1) is 17.8 Å². The van der Waals surface area contributed by atoms with Crippen LogP contribution in [0.3, 0.4) is 0 Å². The molecule has 1 spiro atoms. The molecule has 8 nitrogen and oxygen atoms in total. The van der Waals surface area contributed by atoms with Crippen LogP contribution in [0.4, 0.5) is 11.4 Å². The van der Waals surface area contributed by atoms with Crippen molar-refractivity contribution in [2.45, 2.75) is 82.4 Å². The number of likely N-dealkylation sites (tertiary alicyclic amines) is 1. The Kier molecular flexibility index (Phi) is 8.38. The number of carbonyl (C=O) groups is 3. The van der Waals surface area contributed by atoms with Crippen LogP contribution < -0.4 is 10.2 Å². The van der Waals surface area contributed by atoms with Crippen molar-refractivity contribution in [3.05, 3.63) is 24.3 Å². The molecule has 3 heterocycles. The van der Waals surface area contributed by atoms with Crippen molar-refractivity contribution in [3.8, 4) is 0 Å². The lowest BCUT2D eigenvalue weighted by atomic mass is 9.66. The van der Waals surface area contributed by atoms with Crippen molar-refractivity contribution in [2.24, 2.45) is 17.8 Å². The van der Waals surface area contributed by atoms with Gasteiger partial charge in [0, 0.05) is 29.2 Å². The van der Waals surface area contributed by atoms with E-state index < -0.39 is 33.4 Å². The van der Waals surface area contributed by atoms with Crippen molar-refractivity contribution in [3.63, 3.8) is 0 Å². The Morgan fingerprint density at radius 3 is 2.39 bits per heavy atom. The number of thioether (sulfide) groups is 1. The fraction of sp³-hybridized carbons (Fsp3) is 0.690. The average Bonchev–Trinajstić information content (AvgIpc) is 3.45. The van der Waals surface area contributed by atoms with Crippen molar-refractivity contribution in [1.82, 2.24) is 4.90 Å². The van der Waals surface area contributed by atoms with Gasteiger partial charge in [-0.1, -0.05) is 13.8 Å². The molecular weight excluding hydrogens is 502 g/mol. The van der Waals surface area contributed by atoms with Gasteiger partial charge in [0.2, 0.25) is 11.8 Å². The van der Waals surface area contributed by atoms with Crippen LogP contribution >= 0.6 is 11.8 Å². The van der Waals surface area contributed by atoms with Crippen LogP contribution in [0.2, 0.25) is 0 Å². The number of esters is 1. The van der Waals surface area contributed by atoms with Gasteiger partial charge in [-0.05, 0) is 77.1 Å². The van der Waals surface area contributed by atoms with Crippen LogP contribution in [0.5, 0.6) is 0 Å². The number of hydrogen-bond acceptors (Lipinski definition) is 7. The van der Waals surface area contributed by atoms with E-state index in [1.54, 1.807) is 23.6 Å². The van der Waals surface area contributed by atoms with Crippen LogP contribution in [-0.4, -0.2) is 75.7 Å². The van der Waals surface area contributed by atoms with Crippen LogP contribution in [0.15, 0.2) is 24.3 Å². The number of carbonyl (C=O) groups excluding carboxylic acids is 3. The first-order chi connectivity index (χ1) is 18.1. The van der Waals surface area contributed by atoms with E-state index in [1.807, 2.05) is 45.0 Å². The number of nitrogens with zero attached hydrogens (tertiary/aromatic N) is 2. The van der Waals surface area contributed by atoms with Gasteiger partial charge in [-0.3, -0.25) is 14.4 Å². The Balaban J connectivity index is 1.71. The monoisotopic (exact) mass is 545 g/mol. The maximum absolute atomic E-state index is 14.2. The first kappa shape index (κ1) is 28.7. The number of benzene rings is 1. The molecular formula is C29H43N3O5S. The van der Waals surface area contributed by atoms with Gasteiger partial charge in [0.15, 0.2) is 0 Å². The second-order valence-corrected chi connectivity index (χ2v) is 13.3. The summed E-state index contributed by atoms with van der Waals surface area (Å²) < 4.78 is 4.25. The number of fused-ring (bicyclic) bond motifs is 1. The third kappa shape index (κ3) is 4.70. The molecule has 2 N–H and O–H groups in total. The Hall–Kier alpha value is -2.26. The number of amides is 2. The zero-order chi connectivity index (χ0) is 27.8. The number of anilines is 2. The Bertz CT molecular complexity index is 1050. The lowest BCUT2D eigenvalue weighted by Crippen LogP contribution is -2.55. The van der Waals surface area contributed by atoms with Gasteiger partial charge in [-0.25, -0.2) is 0 Å². The molecule has 2 unspecified atom stereocenters. The highest BCUT2D eigenvalue weighted by atomic mass is 32.2. The molecule has 2 amide bonds. The number of aliphatic hydroxyl groups excluding tert-OH is 1. The standard InChI is InChI=1S/C29H43N3O5S/c1-7-31(8-2)20-12-10-19(11-13-20)30-25(34)24-29-15-14-28(6,38-29)23(27(36)37-9-3)22(29)26(35)32(24)21(17-33)16-18(4)5/h10-13,18,21-24,33H,7-9,14-17H2,1-6H3,(H,30,34)/t21-,22+,23+,24?,28-,29?/m1/s1. The van der Waals surface area contributed by atoms with E-state index in [0.717, 1.165) is 25.2 Å². The predicted octanol–water partition coefficient (Wildman–Crippen LogP) is 3.92. The summed E-state index contributed by atoms with van der Waals surface area (Å²) in [5.74, 6) is -1.87. The van der Waals surface area contributed by atoms with E-state index in [1.165, 1.54) is 0 Å². The normalized spacial score (nSPS) is 30.5. The summed E-state index contributed by atoms with van der Waals surface area (Å²) >= 11 is 1.62. The third-order valence-corrected chi connectivity index (χ3v) is 10.6. The molecule has 0 aliphatic carbocycles. The molecule has 3 saturated heterocycles. The molecule has 1 aromatic carbocycles. The van der Waals surface area contributed by atoms with E-state index in [4.69, 9.17) is 4.74 Å². The summed E-state index contributed by atoms with van der Waals surface area (Å²) in [6.45, 7) is 13.9. The van der Waals surface area contributed by atoms with E-state index in [-0.39, 0.29) is 36.9 Å². The predicted molar refractivity (Wildman–Crippen MR) is 151 cm³/mol. The zero-order valence-corrected chi connectivity index (χ0v) is 24.3. The molecule has 9 heteroatoms. The lowest BCUT2D eigenvalue weighted by Gasteiger charge is -2.37. The van der Waals surface area contributed by atoms with Gasteiger partial charge in [-0.2, -0.15) is 0 Å². The summed E-state index contributed by atoms with van der Waals surface area (Å²) in [6, 6.07) is 6.47. The summed E-state index contributed by atoms with van der Waals surface area (Å²) in [6.07, 6.45) is 1.96. The van der Waals surface area contributed by atoms with Crippen LogP contribution in [0.25, 0.3) is 0 Å². The minimum absolute atomic E-state index is 0.212. The third-order valence-electron chi connectivity index (χ3n) is 8.61. The SMILES string of the molecule is CCOC(=O)[C@@H]1[C@H]2C(=O)N([C@@H](CO)CC(C)C)C(C(=O)Nc3ccc(N(CC)CC)cc3)C23CC[C@@]1(C)S3. The Morgan fingerprint density at radius 2 is 1.84 bits per heavy atom. The molecule has 1 aromatic rings. The van der Waals surface area contributed by atoms with E-state index in [2.05, 4.69) is 24.1 Å². The highest BCUT2D eigenvalue weighted by Crippen LogP contribution is 2.71. The molecule has 0 aromatic heterocycles. The fourth-order valence-electron chi connectivity index (χ4n) is 7.02. The second-order valence-electron chi connectivity index (χ2n) is 11.4. The van der Waals surface area contributed by atoms with Crippen molar-refractivity contribution >= 4 is 40.9 Å². The Morgan fingerprint density at radius 1 is 1.18 bits per heavy atom. The van der Waals surface area contributed by atoms with Crippen LogP contribution in [-0.2, 0) is 19.1 Å². The summed E-state index contributed by atoms with van der Waals surface area (Å²) in [4.78, 5) is 45.3. The first-order valence-electron chi connectivity index (χ1n) is 14.0. The molecule has 3 fully saturated rings. The molecule has 210 valence electrons. The van der Waals surface area contributed by atoms with Gasteiger partial charge >= 0.3 is 5.97 Å². The fourth-order valence-corrected chi connectivity index (χ4v) is 9.35. The maximum atomic E-state index is 14.2. The van der Waals surface area contributed by atoms with Crippen LogP contribution in [0.1, 0.15) is 60.8 Å². The molecule has 3 aliphatic rings.